The number of rotatable bonds is 2. The molecule has 1 aromatic carbocycles. The van der Waals surface area contributed by atoms with Gasteiger partial charge >= 0.3 is 0 Å². The molecule has 0 aliphatic rings. The number of hydrogen-bond acceptors (Lipinski definition) is 2. The molecule has 0 saturated heterocycles. The van der Waals surface area contributed by atoms with E-state index in [9.17, 15) is 17.6 Å². The van der Waals surface area contributed by atoms with Crippen molar-refractivity contribution in [3.63, 3.8) is 0 Å². The van der Waals surface area contributed by atoms with Gasteiger partial charge in [-0.1, -0.05) is 12.1 Å². The Morgan fingerprint density at radius 1 is 1.06 bits per heavy atom. The minimum Gasteiger partial charge on any atom is -0.369 e. The molecule has 0 radical (unpaired) electrons. The summed E-state index contributed by atoms with van der Waals surface area (Å²) >= 11 is 0. The maximum absolute atomic E-state index is 12.6. The number of anilines is 1. The van der Waals surface area contributed by atoms with Crippen LogP contribution in [-0.4, -0.2) is 9.97 Å². The van der Waals surface area contributed by atoms with Gasteiger partial charge in [-0.05, 0) is 0 Å². The second-order valence-electron chi connectivity index (χ2n) is 3.19. The van der Waals surface area contributed by atoms with Gasteiger partial charge in [0.1, 0.15) is 0 Å². The van der Waals surface area contributed by atoms with Crippen LogP contribution in [0.1, 0.15) is 24.0 Å². The van der Waals surface area contributed by atoms with E-state index in [1.165, 1.54) is 0 Å². The first kappa shape index (κ1) is 10.7. The molecule has 0 aliphatic heterocycles. The second-order valence-corrected chi connectivity index (χ2v) is 3.19. The molecule has 0 spiro atoms. The quantitative estimate of drug-likeness (QED) is 0.783. The van der Waals surface area contributed by atoms with Gasteiger partial charge in [0.2, 0.25) is 0 Å². The van der Waals surface area contributed by atoms with E-state index in [2.05, 4.69) is 9.97 Å². The van der Waals surface area contributed by atoms with Crippen LogP contribution < -0.4 is 5.73 Å². The van der Waals surface area contributed by atoms with Crippen LogP contribution in [0.5, 0.6) is 0 Å². The van der Waals surface area contributed by atoms with Gasteiger partial charge in [-0.3, -0.25) is 0 Å². The van der Waals surface area contributed by atoms with Crippen molar-refractivity contribution in [1.29, 1.82) is 0 Å². The van der Waals surface area contributed by atoms with Gasteiger partial charge < -0.3 is 10.7 Å². The first-order valence-electron chi connectivity index (χ1n) is 4.35. The van der Waals surface area contributed by atoms with Crippen molar-refractivity contribution in [2.24, 2.45) is 0 Å². The monoisotopic (exact) mass is 233 g/mol. The fraction of sp³-hybridized carbons (Fsp3) is 0.222. The highest BCUT2D eigenvalue weighted by Crippen LogP contribution is 2.33. The Kier molecular flexibility index (Phi) is 2.45. The number of aromatic nitrogens is 2. The van der Waals surface area contributed by atoms with Crippen molar-refractivity contribution in [2.45, 2.75) is 12.9 Å². The van der Waals surface area contributed by atoms with Crippen LogP contribution in [0.25, 0.3) is 11.0 Å². The number of aromatic amines is 1. The summed E-state index contributed by atoms with van der Waals surface area (Å²) < 4.78 is 50.2. The SMILES string of the molecule is Nc1nc2c(C(F)F)ccc(C(F)F)c2[nH]1. The number of imidazole rings is 1. The standard InChI is InChI=1S/C9H7F4N3/c10-7(11)3-1-2-4(8(12)13)6-5(3)15-9(14)16-6/h1-2,7-8H,(H3,14,15,16). The Labute approximate surface area is 87.3 Å². The van der Waals surface area contributed by atoms with E-state index in [-0.39, 0.29) is 22.5 Å². The molecule has 86 valence electrons. The number of nitrogens with zero attached hydrogens (tertiary/aromatic N) is 1. The molecular formula is C9H7F4N3. The molecule has 0 amide bonds. The third-order valence-corrected chi connectivity index (χ3v) is 2.20. The van der Waals surface area contributed by atoms with Gasteiger partial charge in [0, 0.05) is 11.1 Å². The molecule has 0 atom stereocenters. The number of halogens is 4. The normalized spacial score (nSPS) is 11.9. The van der Waals surface area contributed by atoms with Crippen LogP contribution in [-0.2, 0) is 0 Å². The van der Waals surface area contributed by atoms with Gasteiger partial charge in [-0.25, -0.2) is 22.5 Å². The summed E-state index contributed by atoms with van der Waals surface area (Å²) in [4.78, 5) is 5.94. The van der Waals surface area contributed by atoms with Gasteiger partial charge in [0.05, 0.1) is 11.0 Å². The molecule has 7 heteroatoms. The van der Waals surface area contributed by atoms with E-state index in [0.717, 1.165) is 12.1 Å². The minimum atomic E-state index is -2.78. The highest BCUT2D eigenvalue weighted by molar-refractivity contribution is 5.84. The Hall–Kier alpha value is -1.79. The fourth-order valence-electron chi connectivity index (χ4n) is 1.51. The smallest absolute Gasteiger partial charge is 0.266 e. The molecule has 0 saturated carbocycles. The summed E-state index contributed by atoms with van der Waals surface area (Å²) in [7, 11) is 0. The number of benzene rings is 1. The molecule has 3 nitrogen and oxygen atoms in total. The second kappa shape index (κ2) is 3.66. The van der Waals surface area contributed by atoms with Crippen molar-refractivity contribution in [2.75, 3.05) is 5.73 Å². The topological polar surface area (TPSA) is 54.7 Å². The molecule has 2 rings (SSSR count). The summed E-state index contributed by atoms with van der Waals surface area (Å²) in [5, 5.41) is 0. The lowest BCUT2D eigenvalue weighted by atomic mass is 10.1. The molecule has 0 fully saturated rings. The Morgan fingerprint density at radius 2 is 1.62 bits per heavy atom. The zero-order chi connectivity index (χ0) is 11.9. The number of nitrogens with one attached hydrogen (secondary N) is 1. The fourth-order valence-corrected chi connectivity index (χ4v) is 1.51. The molecule has 1 heterocycles. The number of nitrogen functional groups attached to an aromatic ring is 1. The van der Waals surface area contributed by atoms with Crippen LogP contribution in [0.4, 0.5) is 23.5 Å². The van der Waals surface area contributed by atoms with Crippen molar-refractivity contribution in [1.82, 2.24) is 9.97 Å². The molecule has 1 aromatic heterocycles. The van der Waals surface area contributed by atoms with Crippen molar-refractivity contribution >= 4 is 17.0 Å². The number of fused-ring (bicyclic) bond motifs is 1. The minimum absolute atomic E-state index is 0.134. The summed E-state index contributed by atoms with van der Waals surface area (Å²) in [6.45, 7) is 0. The van der Waals surface area contributed by atoms with E-state index in [0.29, 0.717) is 0 Å². The van der Waals surface area contributed by atoms with Crippen molar-refractivity contribution < 1.29 is 17.6 Å². The number of hydrogen-bond donors (Lipinski definition) is 2. The zero-order valence-corrected chi connectivity index (χ0v) is 7.85. The van der Waals surface area contributed by atoms with Gasteiger partial charge in [-0.2, -0.15) is 0 Å². The lowest BCUT2D eigenvalue weighted by Crippen LogP contribution is -1.92. The third kappa shape index (κ3) is 1.58. The highest BCUT2D eigenvalue weighted by Gasteiger charge is 2.20. The number of nitrogens with two attached hydrogens (primary N) is 1. The van der Waals surface area contributed by atoms with E-state index < -0.39 is 18.4 Å². The predicted molar refractivity (Wildman–Crippen MR) is 50.4 cm³/mol. The lowest BCUT2D eigenvalue weighted by molar-refractivity contribution is 0.149. The highest BCUT2D eigenvalue weighted by atomic mass is 19.3. The maximum Gasteiger partial charge on any atom is 0.266 e. The Balaban J connectivity index is 2.76. The lowest BCUT2D eigenvalue weighted by Gasteiger charge is -2.04. The Bertz CT molecular complexity index is 476. The van der Waals surface area contributed by atoms with Crippen molar-refractivity contribution in [3.8, 4) is 0 Å². The first-order valence-corrected chi connectivity index (χ1v) is 4.35. The zero-order valence-electron chi connectivity index (χ0n) is 7.85. The van der Waals surface area contributed by atoms with Crippen molar-refractivity contribution in [3.05, 3.63) is 23.3 Å². The summed E-state index contributed by atoms with van der Waals surface area (Å²) in [5.74, 6) is -0.162. The molecule has 16 heavy (non-hydrogen) atoms. The number of H-pyrrole nitrogens is 1. The van der Waals surface area contributed by atoms with Crippen LogP contribution in [0.2, 0.25) is 0 Å². The molecule has 0 aliphatic carbocycles. The van der Waals surface area contributed by atoms with Gasteiger partial charge in [0.15, 0.2) is 5.95 Å². The average molecular weight is 233 g/mol. The molecule has 0 bridgehead atoms. The van der Waals surface area contributed by atoms with E-state index in [1.54, 1.807) is 0 Å². The Morgan fingerprint density at radius 3 is 2.19 bits per heavy atom. The van der Waals surface area contributed by atoms with Gasteiger partial charge in [-0.15, -0.1) is 0 Å². The molecule has 0 unspecified atom stereocenters. The average Bonchev–Trinajstić information content (AvgIpc) is 2.56. The van der Waals surface area contributed by atoms with Crippen LogP contribution in [0.3, 0.4) is 0 Å². The summed E-state index contributed by atoms with van der Waals surface area (Å²) in [5.41, 5.74) is 4.14. The van der Waals surface area contributed by atoms with Crippen LogP contribution >= 0.6 is 0 Å². The third-order valence-electron chi connectivity index (χ3n) is 2.20. The molecule has 3 N–H and O–H groups in total. The maximum atomic E-state index is 12.6. The van der Waals surface area contributed by atoms with E-state index >= 15 is 0 Å². The number of alkyl halides is 4. The predicted octanol–water partition coefficient (Wildman–Crippen LogP) is 3.02. The first-order chi connectivity index (χ1) is 7.50. The molecular weight excluding hydrogens is 226 g/mol. The summed E-state index contributed by atoms with van der Waals surface area (Å²) in [6, 6.07) is 1.89. The molecule has 2 aromatic rings. The summed E-state index contributed by atoms with van der Waals surface area (Å²) in [6.07, 6.45) is -5.55. The van der Waals surface area contributed by atoms with Gasteiger partial charge in [0.25, 0.3) is 12.9 Å². The van der Waals surface area contributed by atoms with E-state index in [4.69, 9.17) is 5.73 Å². The van der Waals surface area contributed by atoms with E-state index in [1.807, 2.05) is 0 Å². The van der Waals surface area contributed by atoms with Crippen LogP contribution in [0.15, 0.2) is 12.1 Å². The largest absolute Gasteiger partial charge is 0.369 e. The van der Waals surface area contributed by atoms with Crippen LogP contribution in [0, 0.1) is 0 Å².